The van der Waals surface area contributed by atoms with Crippen molar-refractivity contribution >= 4 is 5.91 Å². The normalized spacial score (nSPS) is 10.4. The van der Waals surface area contributed by atoms with Crippen LogP contribution >= 0.6 is 0 Å². The monoisotopic (exact) mass is 259 g/mol. The van der Waals surface area contributed by atoms with Gasteiger partial charge in [-0.05, 0) is 23.6 Å². The summed E-state index contributed by atoms with van der Waals surface area (Å²) in [5.41, 5.74) is 2.84. The van der Waals surface area contributed by atoms with Gasteiger partial charge in [0.15, 0.2) is 0 Å². The molecule has 1 amide bonds. The zero-order chi connectivity index (χ0) is 13.5. The summed E-state index contributed by atoms with van der Waals surface area (Å²) in [6.45, 7) is 0.659. The van der Waals surface area contributed by atoms with Crippen LogP contribution in [0.4, 0.5) is 0 Å². The van der Waals surface area contributed by atoms with Gasteiger partial charge in [0.1, 0.15) is 0 Å². The molecule has 0 atom stereocenters. The average Bonchev–Trinajstić information content (AvgIpc) is 2.92. The van der Waals surface area contributed by atoms with E-state index in [-0.39, 0.29) is 12.5 Å². The van der Waals surface area contributed by atoms with Gasteiger partial charge in [-0.3, -0.25) is 9.89 Å². The van der Waals surface area contributed by atoms with Crippen molar-refractivity contribution < 1.29 is 9.90 Å². The van der Waals surface area contributed by atoms with Gasteiger partial charge in [-0.2, -0.15) is 5.10 Å². The smallest absolute Gasteiger partial charge is 0.226 e. The van der Waals surface area contributed by atoms with Crippen molar-refractivity contribution in [3.8, 4) is 0 Å². The maximum Gasteiger partial charge on any atom is 0.226 e. The molecule has 19 heavy (non-hydrogen) atoms. The van der Waals surface area contributed by atoms with Crippen molar-refractivity contribution in [2.75, 3.05) is 6.54 Å². The van der Waals surface area contributed by atoms with E-state index in [0.29, 0.717) is 13.0 Å². The Morgan fingerprint density at radius 2 is 1.95 bits per heavy atom. The maximum absolute atomic E-state index is 11.6. The van der Waals surface area contributed by atoms with Gasteiger partial charge < -0.3 is 10.4 Å². The molecule has 0 bridgehead atoms. The van der Waals surface area contributed by atoms with Crippen LogP contribution in [0.1, 0.15) is 16.8 Å². The number of nitrogens with zero attached hydrogens (tertiary/aromatic N) is 1. The summed E-state index contributed by atoms with van der Waals surface area (Å²) in [5.74, 6) is -0.0174. The number of amides is 1. The Balaban J connectivity index is 1.72. The highest BCUT2D eigenvalue weighted by atomic mass is 16.3. The number of H-pyrrole nitrogens is 1. The van der Waals surface area contributed by atoms with E-state index in [9.17, 15) is 4.79 Å². The van der Waals surface area contributed by atoms with Crippen LogP contribution in [0.5, 0.6) is 0 Å². The van der Waals surface area contributed by atoms with Crippen LogP contribution in [-0.2, 0) is 24.2 Å². The molecule has 2 rings (SSSR count). The molecule has 0 radical (unpaired) electrons. The Hall–Kier alpha value is -2.14. The largest absolute Gasteiger partial charge is 0.392 e. The van der Waals surface area contributed by atoms with E-state index >= 15 is 0 Å². The Bertz CT molecular complexity index is 506. The van der Waals surface area contributed by atoms with Crippen molar-refractivity contribution in [3.63, 3.8) is 0 Å². The molecule has 0 aliphatic carbocycles. The fourth-order valence-electron chi connectivity index (χ4n) is 1.78. The summed E-state index contributed by atoms with van der Waals surface area (Å²) < 4.78 is 0. The molecule has 3 N–H and O–H groups in total. The third-order valence-corrected chi connectivity index (χ3v) is 2.85. The lowest BCUT2D eigenvalue weighted by Gasteiger charge is -2.05. The van der Waals surface area contributed by atoms with Crippen molar-refractivity contribution in [2.24, 2.45) is 0 Å². The number of carbonyl (C=O) groups excluding carboxylic acids is 1. The van der Waals surface area contributed by atoms with E-state index in [1.165, 1.54) is 0 Å². The predicted molar refractivity (Wildman–Crippen MR) is 71.4 cm³/mol. The third kappa shape index (κ3) is 4.22. The molecule has 0 aliphatic heterocycles. The number of aliphatic hydroxyl groups excluding tert-OH is 1. The van der Waals surface area contributed by atoms with Gasteiger partial charge in [0, 0.05) is 18.4 Å². The Labute approximate surface area is 111 Å². The van der Waals surface area contributed by atoms with Gasteiger partial charge in [0.2, 0.25) is 5.91 Å². The molecule has 1 aromatic carbocycles. The van der Waals surface area contributed by atoms with Gasteiger partial charge in [0.05, 0.1) is 13.0 Å². The van der Waals surface area contributed by atoms with Crippen LogP contribution in [0, 0.1) is 0 Å². The first-order chi connectivity index (χ1) is 9.28. The third-order valence-electron chi connectivity index (χ3n) is 2.85. The van der Waals surface area contributed by atoms with E-state index in [1.54, 1.807) is 12.3 Å². The first-order valence-electron chi connectivity index (χ1n) is 6.21. The summed E-state index contributed by atoms with van der Waals surface area (Å²) in [6, 6.07) is 9.50. The van der Waals surface area contributed by atoms with Crippen LogP contribution in [0.15, 0.2) is 36.5 Å². The lowest BCUT2D eigenvalue weighted by molar-refractivity contribution is -0.120. The summed E-state index contributed by atoms with van der Waals surface area (Å²) in [5, 5.41) is 18.3. The summed E-state index contributed by atoms with van der Waals surface area (Å²) >= 11 is 0. The number of hydrogen-bond acceptors (Lipinski definition) is 3. The molecule has 5 nitrogen and oxygen atoms in total. The van der Waals surface area contributed by atoms with Gasteiger partial charge in [0.25, 0.3) is 0 Å². The van der Waals surface area contributed by atoms with Crippen LogP contribution < -0.4 is 5.32 Å². The molecule has 100 valence electrons. The first-order valence-corrected chi connectivity index (χ1v) is 6.21. The number of aromatic amines is 1. The highest BCUT2D eigenvalue weighted by Gasteiger charge is 2.03. The molecule has 0 saturated heterocycles. The highest BCUT2D eigenvalue weighted by molar-refractivity contribution is 5.78. The zero-order valence-corrected chi connectivity index (χ0v) is 10.6. The van der Waals surface area contributed by atoms with Crippen LogP contribution in [-0.4, -0.2) is 27.8 Å². The molecule has 0 spiro atoms. The fourth-order valence-corrected chi connectivity index (χ4v) is 1.78. The van der Waals surface area contributed by atoms with E-state index in [2.05, 4.69) is 15.5 Å². The number of hydrogen-bond donors (Lipinski definition) is 3. The van der Waals surface area contributed by atoms with Gasteiger partial charge in [-0.1, -0.05) is 24.3 Å². The van der Waals surface area contributed by atoms with E-state index in [1.807, 2.05) is 24.3 Å². The minimum absolute atomic E-state index is 0.0174. The van der Waals surface area contributed by atoms with Gasteiger partial charge in [-0.15, -0.1) is 0 Å². The predicted octanol–water partition coefficient (Wildman–Crippen LogP) is 0.803. The summed E-state index contributed by atoms with van der Waals surface area (Å²) in [4.78, 5) is 11.6. The summed E-state index contributed by atoms with van der Waals surface area (Å²) in [6.07, 6.45) is 2.73. The molecule has 0 fully saturated rings. The molecule has 0 aliphatic rings. The molecule has 0 saturated carbocycles. The standard InChI is InChI=1S/C14H17N3O2/c18-10-12-3-1-11(2-4-12)5-7-15-14(19)9-13-6-8-16-17-13/h1-4,6,8,18H,5,7,9-10H2,(H,15,19)(H,16,17). The fraction of sp³-hybridized carbons (Fsp3) is 0.286. The van der Waals surface area contributed by atoms with Crippen molar-refractivity contribution in [1.29, 1.82) is 0 Å². The van der Waals surface area contributed by atoms with Crippen molar-refractivity contribution in [1.82, 2.24) is 15.5 Å². The van der Waals surface area contributed by atoms with Crippen molar-refractivity contribution in [2.45, 2.75) is 19.4 Å². The Morgan fingerprint density at radius 3 is 2.58 bits per heavy atom. The lowest BCUT2D eigenvalue weighted by Crippen LogP contribution is -2.27. The van der Waals surface area contributed by atoms with Crippen molar-refractivity contribution in [3.05, 3.63) is 53.3 Å². The van der Waals surface area contributed by atoms with Gasteiger partial charge >= 0.3 is 0 Å². The zero-order valence-electron chi connectivity index (χ0n) is 10.6. The second-order valence-electron chi connectivity index (χ2n) is 4.33. The number of aromatic nitrogens is 2. The molecule has 2 aromatic rings. The molecular weight excluding hydrogens is 242 g/mol. The first kappa shape index (κ1) is 13.3. The van der Waals surface area contributed by atoms with E-state index in [0.717, 1.165) is 23.2 Å². The lowest BCUT2D eigenvalue weighted by atomic mass is 10.1. The number of carbonyl (C=O) groups is 1. The molecular formula is C14H17N3O2. The van der Waals surface area contributed by atoms with E-state index in [4.69, 9.17) is 5.11 Å². The second-order valence-corrected chi connectivity index (χ2v) is 4.33. The second kappa shape index (κ2) is 6.70. The molecule has 1 aromatic heterocycles. The van der Waals surface area contributed by atoms with Gasteiger partial charge in [-0.25, -0.2) is 0 Å². The highest BCUT2D eigenvalue weighted by Crippen LogP contribution is 2.04. The molecule has 0 unspecified atom stereocenters. The Kier molecular flexibility index (Phi) is 4.69. The van der Waals surface area contributed by atoms with Crippen LogP contribution in [0.25, 0.3) is 0 Å². The average molecular weight is 259 g/mol. The Morgan fingerprint density at radius 1 is 1.21 bits per heavy atom. The number of aliphatic hydroxyl groups is 1. The minimum atomic E-state index is -0.0174. The van der Waals surface area contributed by atoms with Crippen LogP contribution in [0.2, 0.25) is 0 Å². The number of benzene rings is 1. The van der Waals surface area contributed by atoms with Crippen LogP contribution in [0.3, 0.4) is 0 Å². The van der Waals surface area contributed by atoms with E-state index < -0.39 is 0 Å². The number of nitrogens with one attached hydrogen (secondary N) is 2. The maximum atomic E-state index is 11.6. The molecule has 5 heteroatoms. The molecule has 1 heterocycles. The SMILES string of the molecule is O=C(Cc1ccn[nH]1)NCCc1ccc(CO)cc1. The minimum Gasteiger partial charge on any atom is -0.392 e. The number of rotatable bonds is 6. The topological polar surface area (TPSA) is 78.0 Å². The summed E-state index contributed by atoms with van der Waals surface area (Å²) in [7, 11) is 0. The quantitative estimate of drug-likeness (QED) is 0.718.